The Labute approximate surface area is 118 Å². The van der Waals surface area contributed by atoms with Crippen molar-refractivity contribution in [2.75, 3.05) is 5.32 Å². The average Bonchev–Trinajstić information content (AvgIpc) is 2.45. The Morgan fingerprint density at radius 2 is 2.10 bits per heavy atom. The van der Waals surface area contributed by atoms with Gasteiger partial charge in [0.1, 0.15) is 0 Å². The molecular formula is C14H21N3O3. The Morgan fingerprint density at radius 1 is 1.45 bits per heavy atom. The summed E-state index contributed by atoms with van der Waals surface area (Å²) in [5, 5.41) is 14.4. The van der Waals surface area contributed by atoms with Gasteiger partial charge in [0.15, 0.2) is 0 Å². The van der Waals surface area contributed by atoms with Crippen LogP contribution in [0, 0.1) is 17.0 Å². The van der Waals surface area contributed by atoms with Crippen molar-refractivity contribution >= 4 is 11.5 Å². The quantitative estimate of drug-likeness (QED) is 0.679. The van der Waals surface area contributed by atoms with E-state index in [1.807, 2.05) is 27.7 Å². The van der Waals surface area contributed by atoms with Crippen molar-refractivity contribution in [2.24, 2.45) is 0 Å². The third kappa shape index (κ3) is 2.75. The number of hydrogen-bond donors (Lipinski definition) is 1. The van der Waals surface area contributed by atoms with Crippen LogP contribution in [0.1, 0.15) is 39.7 Å². The molecule has 6 nitrogen and oxygen atoms in total. The van der Waals surface area contributed by atoms with Crippen LogP contribution in [-0.2, 0) is 4.74 Å². The molecule has 0 aromatic carbocycles. The Bertz CT molecular complexity index is 540. The van der Waals surface area contributed by atoms with Crippen molar-refractivity contribution in [1.82, 2.24) is 4.98 Å². The topological polar surface area (TPSA) is 77.3 Å². The maximum absolute atomic E-state index is 11.2. The zero-order valence-corrected chi connectivity index (χ0v) is 12.6. The number of nitro groups is 1. The lowest BCUT2D eigenvalue weighted by atomic mass is 9.94. The number of ether oxygens (including phenoxy) is 1. The number of hydrogen-bond acceptors (Lipinski definition) is 5. The molecule has 1 atom stereocenters. The van der Waals surface area contributed by atoms with Gasteiger partial charge in [0, 0.05) is 11.8 Å². The second-order valence-electron chi connectivity index (χ2n) is 6.45. The van der Waals surface area contributed by atoms with E-state index in [0.717, 1.165) is 6.42 Å². The molecule has 1 aliphatic rings. The molecule has 0 saturated carbocycles. The number of anilines is 1. The van der Waals surface area contributed by atoms with E-state index in [1.54, 1.807) is 19.2 Å². The summed E-state index contributed by atoms with van der Waals surface area (Å²) in [6.45, 7) is 9.73. The fourth-order valence-electron chi connectivity index (χ4n) is 2.84. The third-order valence-corrected chi connectivity index (χ3v) is 3.69. The van der Waals surface area contributed by atoms with E-state index in [4.69, 9.17) is 4.74 Å². The Morgan fingerprint density at radius 3 is 2.60 bits per heavy atom. The van der Waals surface area contributed by atoms with Crippen molar-refractivity contribution in [1.29, 1.82) is 0 Å². The van der Waals surface area contributed by atoms with Gasteiger partial charge in [-0.2, -0.15) is 0 Å². The van der Waals surface area contributed by atoms with Gasteiger partial charge in [-0.05, 0) is 47.1 Å². The fraction of sp³-hybridized carbons (Fsp3) is 0.643. The van der Waals surface area contributed by atoms with E-state index in [-0.39, 0.29) is 17.3 Å². The zero-order chi connectivity index (χ0) is 15.1. The van der Waals surface area contributed by atoms with E-state index in [1.165, 1.54) is 0 Å². The Kier molecular flexibility index (Phi) is 3.46. The van der Waals surface area contributed by atoms with E-state index < -0.39 is 10.5 Å². The SMILES string of the molecule is Cc1ccnc(NC2CC(C)(C)OC2(C)C)c1[N+](=O)[O-]. The van der Waals surface area contributed by atoms with E-state index in [2.05, 4.69) is 10.3 Å². The van der Waals surface area contributed by atoms with Gasteiger partial charge < -0.3 is 10.1 Å². The highest BCUT2D eigenvalue weighted by Gasteiger charge is 2.46. The molecule has 1 N–H and O–H groups in total. The summed E-state index contributed by atoms with van der Waals surface area (Å²) < 4.78 is 5.99. The van der Waals surface area contributed by atoms with Gasteiger partial charge in [0.25, 0.3) is 0 Å². The molecule has 110 valence electrons. The Balaban J connectivity index is 2.32. The first-order valence-electron chi connectivity index (χ1n) is 6.69. The molecule has 0 bridgehead atoms. The largest absolute Gasteiger partial charge is 0.367 e. The smallest absolute Gasteiger partial charge is 0.314 e. The lowest BCUT2D eigenvalue weighted by Gasteiger charge is -2.28. The van der Waals surface area contributed by atoms with Gasteiger partial charge in [-0.15, -0.1) is 0 Å². The minimum Gasteiger partial charge on any atom is -0.367 e. The molecular weight excluding hydrogens is 258 g/mol. The third-order valence-electron chi connectivity index (χ3n) is 3.69. The summed E-state index contributed by atoms with van der Waals surface area (Å²) in [4.78, 5) is 14.9. The van der Waals surface area contributed by atoms with Crippen molar-refractivity contribution in [2.45, 2.75) is 58.3 Å². The maximum Gasteiger partial charge on any atom is 0.314 e. The number of pyridine rings is 1. The molecule has 1 saturated heterocycles. The molecule has 2 rings (SSSR count). The molecule has 20 heavy (non-hydrogen) atoms. The molecule has 0 aliphatic carbocycles. The van der Waals surface area contributed by atoms with Gasteiger partial charge in [-0.3, -0.25) is 10.1 Å². The molecule has 0 spiro atoms. The standard InChI is InChI=1S/C14H21N3O3/c1-9-6-7-15-12(11(9)17(18)19)16-10-8-13(2,3)20-14(10,4)5/h6-7,10H,8H2,1-5H3,(H,15,16). The van der Waals surface area contributed by atoms with Crippen LogP contribution in [0.5, 0.6) is 0 Å². The van der Waals surface area contributed by atoms with Gasteiger partial charge >= 0.3 is 5.69 Å². The van der Waals surface area contributed by atoms with E-state index >= 15 is 0 Å². The second kappa shape index (κ2) is 4.70. The highest BCUT2D eigenvalue weighted by molar-refractivity contribution is 5.60. The lowest BCUT2D eigenvalue weighted by molar-refractivity contribution is -0.384. The van der Waals surface area contributed by atoms with E-state index in [9.17, 15) is 10.1 Å². The molecule has 6 heteroatoms. The highest BCUT2D eigenvalue weighted by Crippen LogP contribution is 2.39. The summed E-state index contributed by atoms with van der Waals surface area (Å²) in [7, 11) is 0. The van der Waals surface area contributed by atoms with Crippen LogP contribution in [0.2, 0.25) is 0 Å². The number of nitrogens with zero attached hydrogens (tertiary/aromatic N) is 2. The van der Waals surface area contributed by atoms with Crippen molar-refractivity contribution in [3.8, 4) is 0 Å². The number of nitrogens with one attached hydrogen (secondary N) is 1. The zero-order valence-electron chi connectivity index (χ0n) is 12.6. The molecule has 1 fully saturated rings. The first-order valence-corrected chi connectivity index (χ1v) is 6.69. The van der Waals surface area contributed by atoms with Crippen molar-refractivity contribution < 1.29 is 9.66 Å². The van der Waals surface area contributed by atoms with Crippen LogP contribution >= 0.6 is 0 Å². The Hall–Kier alpha value is -1.69. The number of aryl methyl sites for hydroxylation is 1. The second-order valence-corrected chi connectivity index (χ2v) is 6.45. The summed E-state index contributed by atoms with van der Waals surface area (Å²) in [5.41, 5.74) is -0.0146. The lowest BCUT2D eigenvalue weighted by Crippen LogP contribution is -2.38. The molecule has 0 radical (unpaired) electrons. The molecule has 0 amide bonds. The van der Waals surface area contributed by atoms with Crippen LogP contribution in [0.4, 0.5) is 11.5 Å². The van der Waals surface area contributed by atoms with E-state index in [0.29, 0.717) is 11.4 Å². The minimum absolute atomic E-state index is 0.0227. The summed E-state index contributed by atoms with van der Waals surface area (Å²) in [5.74, 6) is 0.314. The first-order chi connectivity index (χ1) is 9.12. The van der Waals surface area contributed by atoms with Crippen molar-refractivity contribution in [3.05, 3.63) is 27.9 Å². The summed E-state index contributed by atoms with van der Waals surface area (Å²) >= 11 is 0. The van der Waals surface area contributed by atoms with Crippen LogP contribution in [0.25, 0.3) is 0 Å². The first kappa shape index (κ1) is 14.7. The van der Waals surface area contributed by atoms with Crippen LogP contribution < -0.4 is 5.32 Å². The molecule has 1 aliphatic heterocycles. The van der Waals surface area contributed by atoms with Crippen molar-refractivity contribution in [3.63, 3.8) is 0 Å². The van der Waals surface area contributed by atoms with Gasteiger partial charge in [-0.25, -0.2) is 4.98 Å². The number of rotatable bonds is 3. The highest BCUT2D eigenvalue weighted by atomic mass is 16.6. The average molecular weight is 279 g/mol. The number of aromatic nitrogens is 1. The predicted molar refractivity (Wildman–Crippen MR) is 76.9 cm³/mol. The summed E-state index contributed by atoms with van der Waals surface area (Å²) in [6, 6.07) is 1.62. The van der Waals surface area contributed by atoms with Crippen LogP contribution in [-0.4, -0.2) is 27.2 Å². The maximum atomic E-state index is 11.2. The monoisotopic (exact) mass is 279 g/mol. The normalized spacial score (nSPS) is 23.6. The van der Waals surface area contributed by atoms with Gasteiger partial charge in [0.05, 0.1) is 22.2 Å². The summed E-state index contributed by atoms with van der Waals surface area (Å²) in [6.07, 6.45) is 2.35. The van der Waals surface area contributed by atoms with Gasteiger partial charge in [0.2, 0.25) is 5.82 Å². The molecule has 1 aromatic heterocycles. The fourth-order valence-corrected chi connectivity index (χ4v) is 2.84. The van der Waals surface area contributed by atoms with Crippen LogP contribution in [0.15, 0.2) is 12.3 Å². The molecule has 2 heterocycles. The molecule has 1 aromatic rings. The predicted octanol–water partition coefficient (Wildman–Crippen LogP) is 3.06. The molecule has 1 unspecified atom stereocenters. The van der Waals surface area contributed by atoms with Gasteiger partial charge in [-0.1, -0.05) is 0 Å². The minimum atomic E-state index is -0.400. The van der Waals surface area contributed by atoms with Crippen LogP contribution in [0.3, 0.4) is 0 Å².